The van der Waals surface area contributed by atoms with E-state index in [1.54, 1.807) is 6.92 Å². The molecule has 2 fully saturated rings. The zero-order chi connectivity index (χ0) is 44.9. The topological polar surface area (TPSA) is 189 Å². The molecular formula is C49H60N6O8. The molecule has 1 aromatic rings. The first kappa shape index (κ1) is 44.2. The molecule has 63 heavy (non-hydrogen) atoms. The molecule has 8 rings (SSSR count). The first-order valence-electron chi connectivity index (χ1n) is 22.6. The Morgan fingerprint density at radius 2 is 1.76 bits per heavy atom. The number of fused-ring (bicyclic) bond motifs is 5. The largest absolute Gasteiger partial charge is 0.511 e. The average molecular weight is 861 g/mol. The minimum Gasteiger partial charge on any atom is -0.511 e. The summed E-state index contributed by atoms with van der Waals surface area (Å²) in [5, 5.41) is 26.1. The lowest BCUT2D eigenvalue weighted by atomic mass is 9.86. The van der Waals surface area contributed by atoms with Crippen molar-refractivity contribution in [2.24, 2.45) is 26.8 Å². The van der Waals surface area contributed by atoms with Crippen molar-refractivity contribution in [3.05, 3.63) is 124 Å². The van der Waals surface area contributed by atoms with E-state index in [-0.39, 0.29) is 43.1 Å². The summed E-state index contributed by atoms with van der Waals surface area (Å²) in [6, 6.07) is 0. The average Bonchev–Trinajstić information content (AvgIpc) is 4.07. The number of ether oxygens (including phenoxy) is 3. The second-order valence-electron chi connectivity index (χ2n) is 17.7. The summed E-state index contributed by atoms with van der Waals surface area (Å²) >= 11 is 0. The lowest BCUT2D eigenvalue weighted by Crippen LogP contribution is -2.33. The van der Waals surface area contributed by atoms with Crippen LogP contribution in [-0.4, -0.2) is 74.4 Å². The van der Waals surface area contributed by atoms with Gasteiger partial charge in [0.15, 0.2) is 0 Å². The monoisotopic (exact) mass is 860 g/mol. The molecule has 6 atom stereocenters. The van der Waals surface area contributed by atoms with E-state index < -0.39 is 35.7 Å². The third kappa shape index (κ3) is 8.40. The standard InChI is InChI=1S/C49H60N6O8/c1-9-11-12-13-16-61-29(8)44-27(6)35-18-34-26(5)31(14-15-43(58)62-23-41-39(56)21-42(63-41)55-22-24(3)48(59)54-49(55)60)46(52-34)32-17-40(57)45-28(7)36(53-47(32)45)19-37-30(10-2)25(4)33(50-37)20-38(44)51-35/h18-20,22,26,29,31,39,41-42,52,56-57H,9-17,21,23H2,1-8H3,(H,54,59,60)/t26?,29?,31?,39-,41+,42+/m0/s1. The third-order valence-electron chi connectivity index (χ3n) is 13.6. The highest BCUT2D eigenvalue weighted by molar-refractivity contribution is 6.21. The Morgan fingerprint density at radius 1 is 1.00 bits per heavy atom. The number of aliphatic imine (C=N–C) groups is 3. The number of esters is 1. The van der Waals surface area contributed by atoms with Crippen LogP contribution in [0.15, 0.2) is 122 Å². The van der Waals surface area contributed by atoms with Gasteiger partial charge in [-0.1, -0.05) is 40.0 Å². The lowest BCUT2D eigenvalue weighted by Gasteiger charge is -2.19. The number of hydrogen-bond donors (Lipinski definition) is 4. The normalized spacial score (nSPS) is 25.8. The number of nitrogens with zero attached hydrogens (tertiary/aromatic N) is 4. The third-order valence-corrected chi connectivity index (χ3v) is 13.6. The number of aromatic amines is 1. The number of carbonyl (C=O) groups is 1. The van der Waals surface area contributed by atoms with E-state index in [2.05, 4.69) is 64.0 Å². The summed E-state index contributed by atoms with van der Waals surface area (Å²) in [5.41, 5.74) is 12.8. The number of aliphatic hydroxyl groups excluding tert-OH is 2. The molecule has 3 unspecified atom stereocenters. The molecule has 334 valence electrons. The van der Waals surface area contributed by atoms with E-state index >= 15 is 0 Å². The number of aryl methyl sites for hydroxylation is 1. The van der Waals surface area contributed by atoms with E-state index in [0.29, 0.717) is 25.0 Å². The molecule has 1 aromatic heterocycles. The SMILES string of the molecule is CCCCCCOC(C)C1=C(C)C2=NC1=CC1=NC(=CC3=C(C)C4=C(O)CC(=C5NC(=C2)C(C)C5CCC(=O)OC[C@H]2O[C@@H](n5cc(C)c(=O)[nH]c5=O)C[C@@H]2O)C4=N3)C(CC)=C1C. The van der Waals surface area contributed by atoms with Crippen LogP contribution in [0.5, 0.6) is 0 Å². The summed E-state index contributed by atoms with van der Waals surface area (Å²) in [4.78, 5) is 55.7. The first-order chi connectivity index (χ1) is 30.2. The second-order valence-corrected chi connectivity index (χ2v) is 17.7. The molecule has 0 spiro atoms. The van der Waals surface area contributed by atoms with Gasteiger partial charge in [-0.25, -0.2) is 19.8 Å². The van der Waals surface area contributed by atoms with Gasteiger partial charge in [-0.2, -0.15) is 0 Å². The van der Waals surface area contributed by atoms with Crippen molar-refractivity contribution < 1.29 is 29.2 Å². The Hall–Kier alpha value is -5.44. The number of unbranched alkanes of at least 4 members (excludes halogenated alkanes) is 3. The molecule has 4 N–H and O–H groups in total. The second kappa shape index (κ2) is 18.0. The summed E-state index contributed by atoms with van der Waals surface area (Å²) < 4.78 is 19.4. The van der Waals surface area contributed by atoms with Crippen LogP contribution in [0.25, 0.3) is 0 Å². The van der Waals surface area contributed by atoms with Gasteiger partial charge in [0.25, 0.3) is 5.56 Å². The maximum atomic E-state index is 13.5. The molecule has 0 saturated carbocycles. The molecule has 0 amide bonds. The van der Waals surface area contributed by atoms with E-state index in [4.69, 9.17) is 29.2 Å². The predicted octanol–water partition coefficient (Wildman–Crippen LogP) is 7.47. The Balaban J connectivity index is 1.09. The number of aliphatic hydroxyl groups is 2. The molecule has 7 aliphatic rings. The number of carbonyl (C=O) groups excluding carboxylic acids is 1. The van der Waals surface area contributed by atoms with Crippen molar-refractivity contribution in [3.8, 4) is 0 Å². The number of rotatable bonds is 14. The molecule has 2 saturated heterocycles. The zero-order valence-electron chi connectivity index (χ0n) is 37.7. The van der Waals surface area contributed by atoms with Gasteiger partial charge >= 0.3 is 11.7 Å². The fraction of sp³-hybridized carbons (Fsp3) is 0.510. The summed E-state index contributed by atoms with van der Waals surface area (Å²) in [6.07, 6.45) is 11.0. The summed E-state index contributed by atoms with van der Waals surface area (Å²) in [6.45, 7) is 16.8. The van der Waals surface area contributed by atoms with Gasteiger partial charge in [-0.05, 0) is 94.4 Å². The minimum absolute atomic E-state index is 0.0726. The van der Waals surface area contributed by atoms with Crippen molar-refractivity contribution in [2.45, 2.75) is 138 Å². The molecule has 6 aliphatic heterocycles. The van der Waals surface area contributed by atoms with Crippen molar-refractivity contribution in [1.29, 1.82) is 0 Å². The van der Waals surface area contributed by atoms with Crippen LogP contribution in [-0.2, 0) is 19.0 Å². The van der Waals surface area contributed by atoms with Gasteiger partial charge in [-0.3, -0.25) is 19.1 Å². The molecule has 0 radical (unpaired) electrons. The Kier molecular flexibility index (Phi) is 12.6. The number of aromatic nitrogens is 2. The summed E-state index contributed by atoms with van der Waals surface area (Å²) in [7, 11) is 0. The molecule has 14 heteroatoms. The molecule has 14 nitrogen and oxygen atoms in total. The van der Waals surface area contributed by atoms with Crippen LogP contribution in [0.4, 0.5) is 0 Å². The van der Waals surface area contributed by atoms with Crippen molar-refractivity contribution in [2.75, 3.05) is 13.2 Å². The zero-order valence-corrected chi connectivity index (χ0v) is 37.7. The van der Waals surface area contributed by atoms with Crippen LogP contribution in [0.2, 0.25) is 0 Å². The maximum Gasteiger partial charge on any atom is 0.330 e. The van der Waals surface area contributed by atoms with Gasteiger partial charge < -0.3 is 29.7 Å². The fourth-order valence-electron chi connectivity index (χ4n) is 9.87. The van der Waals surface area contributed by atoms with Crippen LogP contribution in [0.1, 0.15) is 118 Å². The smallest absolute Gasteiger partial charge is 0.330 e. The highest BCUT2D eigenvalue weighted by atomic mass is 16.6. The molecule has 8 bridgehead atoms. The van der Waals surface area contributed by atoms with Gasteiger partial charge in [0.2, 0.25) is 0 Å². The fourth-order valence-corrected chi connectivity index (χ4v) is 9.87. The van der Waals surface area contributed by atoms with Crippen molar-refractivity contribution >= 4 is 23.1 Å². The summed E-state index contributed by atoms with van der Waals surface area (Å²) in [5.74, 6) is -0.426. The van der Waals surface area contributed by atoms with E-state index in [9.17, 15) is 24.6 Å². The highest BCUT2D eigenvalue weighted by Crippen LogP contribution is 2.47. The molecular weight excluding hydrogens is 801 g/mol. The first-order valence-corrected chi connectivity index (χ1v) is 22.6. The van der Waals surface area contributed by atoms with Gasteiger partial charge in [0.05, 0.1) is 46.4 Å². The van der Waals surface area contributed by atoms with Crippen LogP contribution in [0.3, 0.4) is 0 Å². The van der Waals surface area contributed by atoms with Gasteiger partial charge in [0, 0.05) is 77.6 Å². The predicted molar refractivity (Wildman–Crippen MR) is 242 cm³/mol. The van der Waals surface area contributed by atoms with Gasteiger partial charge in [0.1, 0.15) is 24.7 Å². The van der Waals surface area contributed by atoms with Crippen LogP contribution < -0.4 is 16.6 Å². The van der Waals surface area contributed by atoms with E-state index in [1.807, 2.05) is 13.0 Å². The number of nitrogens with one attached hydrogen (secondary N) is 2. The lowest BCUT2D eigenvalue weighted by molar-refractivity contribution is -0.150. The Morgan fingerprint density at radius 3 is 2.52 bits per heavy atom. The minimum atomic E-state index is -0.987. The Bertz CT molecular complexity index is 2600. The number of allylic oxidation sites excluding steroid dienone is 11. The number of H-pyrrole nitrogens is 1. The maximum absolute atomic E-state index is 13.5. The number of hydrogen-bond acceptors (Lipinski definition) is 12. The Labute approximate surface area is 368 Å². The van der Waals surface area contributed by atoms with Gasteiger partial charge in [-0.15, -0.1) is 0 Å². The van der Waals surface area contributed by atoms with E-state index in [0.717, 1.165) is 110 Å². The molecule has 0 aromatic carbocycles. The highest BCUT2D eigenvalue weighted by Gasteiger charge is 2.42. The van der Waals surface area contributed by atoms with Crippen LogP contribution >= 0.6 is 0 Å². The molecule has 7 heterocycles. The van der Waals surface area contributed by atoms with Crippen LogP contribution in [0, 0.1) is 18.8 Å². The van der Waals surface area contributed by atoms with Crippen molar-refractivity contribution in [3.63, 3.8) is 0 Å². The van der Waals surface area contributed by atoms with Crippen molar-refractivity contribution in [1.82, 2.24) is 14.9 Å². The van der Waals surface area contributed by atoms with E-state index in [1.165, 1.54) is 17.2 Å². The molecule has 1 aliphatic carbocycles. The quantitative estimate of drug-likeness (QED) is 0.109.